The van der Waals surface area contributed by atoms with Gasteiger partial charge in [0.1, 0.15) is 0 Å². The number of thiol groups is 1. The van der Waals surface area contributed by atoms with Crippen molar-refractivity contribution < 1.29 is 4.65 Å². The first-order chi connectivity index (χ1) is 2.41. The maximum atomic E-state index is 4.43. The van der Waals surface area contributed by atoms with Gasteiger partial charge in [-0.05, 0) is 0 Å². The number of rotatable bonds is 1. The number of hydrogen-bond acceptors (Lipinski definition) is 2. The van der Waals surface area contributed by atoms with Gasteiger partial charge in [-0.2, -0.15) is 0 Å². The molecule has 0 aromatic heterocycles. The topological polar surface area (TPSA) is 9.23 Å². The van der Waals surface area contributed by atoms with Crippen LogP contribution in [0, 0.1) is 0 Å². The fourth-order valence-corrected chi connectivity index (χ4v) is 0.183. The second-order valence-corrected chi connectivity index (χ2v) is 0.819. The van der Waals surface area contributed by atoms with Gasteiger partial charge >= 0.3 is 37.3 Å². The molecule has 0 bridgehead atoms. The van der Waals surface area contributed by atoms with Gasteiger partial charge < -0.3 is 0 Å². The fourth-order valence-electron chi connectivity index (χ4n) is 0.0609. The first kappa shape index (κ1) is 5.28. The van der Waals surface area contributed by atoms with Crippen LogP contribution in [-0.4, -0.2) is 20.2 Å². The molecule has 5 heavy (non-hydrogen) atoms. The minimum absolute atomic E-state index is 1.49. The second kappa shape index (κ2) is 4.28. The van der Waals surface area contributed by atoms with Gasteiger partial charge in [0.15, 0.2) is 0 Å². The summed E-state index contributed by atoms with van der Waals surface area (Å²) in [4.78, 5) is 0. The van der Waals surface area contributed by atoms with E-state index >= 15 is 0 Å². The van der Waals surface area contributed by atoms with Crippen molar-refractivity contribution in [1.82, 2.24) is 0 Å². The van der Waals surface area contributed by atoms with Gasteiger partial charge in [0.05, 0.1) is 0 Å². The minimum atomic E-state index is 1.49. The third kappa shape index (κ3) is 4.28. The zero-order valence-electron chi connectivity index (χ0n) is 3.01. The summed E-state index contributed by atoms with van der Waals surface area (Å²) in [6.07, 6.45) is 1.53. The van der Waals surface area contributed by atoms with Crippen molar-refractivity contribution in [2.24, 2.45) is 0 Å². The molecule has 0 N–H and O–H groups in total. The summed E-state index contributed by atoms with van der Waals surface area (Å²) in [5, 5.41) is 0. The van der Waals surface area contributed by atoms with Gasteiger partial charge in [0.2, 0.25) is 0 Å². The van der Waals surface area contributed by atoms with Crippen LogP contribution in [0.15, 0.2) is 0 Å². The van der Waals surface area contributed by atoms with Gasteiger partial charge in [-0.1, -0.05) is 0 Å². The molecule has 26 valence electrons. The summed E-state index contributed by atoms with van der Waals surface area (Å²) in [6.45, 7) is 0. The zero-order valence-corrected chi connectivity index (χ0v) is 3.90. The molecule has 0 spiro atoms. The summed E-state index contributed by atoms with van der Waals surface area (Å²) in [7, 11) is 3.07. The molecule has 0 unspecified atom stereocenters. The first-order valence-corrected chi connectivity index (χ1v) is 1.75. The average Bonchev–Trinajstić information content (AvgIpc) is 1.41. The SMILES string of the molecule is COB=BS. The Morgan fingerprint density at radius 2 is 2.40 bits per heavy atom. The van der Waals surface area contributed by atoms with Gasteiger partial charge in [-0.25, -0.2) is 0 Å². The standard InChI is InChI=1S/CH4B2OS/c1-4-2-3-5/h5H,1H3. The monoisotopic (exact) mass is 86.0 g/mol. The van der Waals surface area contributed by atoms with Crippen LogP contribution < -0.4 is 0 Å². The van der Waals surface area contributed by atoms with E-state index in [2.05, 4.69) is 17.1 Å². The Bertz CT molecular complexity index is 36.6. The molecular formula is CH4B2OS. The summed E-state index contributed by atoms with van der Waals surface area (Å²) in [5.41, 5.74) is 0. The Morgan fingerprint density at radius 1 is 1.80 bits per heavy atom. The Kier molecular flexibility index (Phi) is 4.52. The van der Waals surface area contributed by atoms with Crippen LogP contribution in [0.4, 0.5) is 0 Å². The van der Waals surface area contributed by atoms with Crippen molar-refractivity contribution >= 4 is 25.6 Å². The van der Waals surface area contributed by atoms with Crippen molar-refractivity contribution in [3.63, 3.8) is 0 Å². The van der Waals surface area contributed by atoms with Crippen molar-refractivity contribution in [3.8, 4) is 0 Å². The molecule has 0 atom stereocenters. The second-order valence-electron chi connectivity index (χ2n) is 0.521. The van der Waals surface area contributed by atoms with E-state index in [0.717, 1.165) is 0 Å². The third-order valence-corrected chi connectivity index (χ3v) is 0.319. The predicted octanol–water partition coefficient (Wildman–Crippen LogP) is -0.284. The van der Waals surface area contributed by atoms with E-state index in [1.807, 2.05) is 0 Å². The van der Waals surface area contributed by atoms with E-state index < -0.39 is 0 Å². The molecule has 0 saturated heterocycles. The quantitative estimate of drug-likeness (QED) is 0.340. The van der Waals surface area contributed by atoms with Gasteiger partial charge in [-0.15, -0.1) is 0 Å². The molecule has 0 aliphatic rings. The number of hydrogen-bond donors (Lipinski definition) is 1. The zero-order chi connectivity index (χ0) is 4.12. The van der Waals surface area contributed by atoms with Crippen molar-refractivity contribution in [2.75, 3.05) is 7.11 Å². The molecule has 0 fully saturated rings. The summed E-state index contributed by atoms with van der Waals surface area (Å²) >= 11 is 3.70. The maximum absolute atomic E-state index is 4.43. The van der Waals surface area contributed by atoms with E-state index in [9.17, 15) is 0 Å². The van der Waals surface area contributed by atoms with Crippen LogP contribution in [0.25, 0.3) is 0 Å². The molecule has 0 radical (unpaired) electrons. The van der Waals surface area contributed by atoms with Crippen molar-refractivity contribution in [2.45, 2.75) is 0 Å². The summed E-state index contributed by atoms with van der Waals surface area (Å²) < 4.78 is 4.43. The van der Waals surface area contributed by atoms with E-state index in [-0.39, 0.29) is 0 Å². The normalized spacial score (nSPS) is 6.00. The molecule has 0 aromatic rings. The molecule has 1 nitrogen and oxygen atoms in total. The van der Waals surface area contributed by atoms with Crippen LogP contribution in [0.1, 0.15) is 0 Å². The summed E-state index contributed by atoms with van der Waals surface area (Å²) in [6, 6.07) is 0. The Morgan fingerprint density at radius 3 is 2.40 bits per heavy atom. The average molecular weight is 85.7 g/mol. The van der Waals surface area contributed by atoms with Gasteiger partial charge in [-0.3, -0.25) is 0 Å². The van der Waals surface area contributed by atoms with Crippen LogP contribution in [-0.2, 0) is 4.65 Å². The van der Waals surface area contributed by atoms with E-state index in [4.69, 9.17) is 0 Å². The van der Waals surface area contributed by atoms with Gasteiger partial charge in [0.25, 0.3) is 0 Å². The van der Waals surface area contributed by atoms with Crippen LogP contribution in [0.5, 0.6) is 0 Å². The molecule has 4 heteroatoms. The van der Waals surface area contributed by atoms with Crippen LogP contribution in [0.2, 0.25) is 0 Å². The molecule has 0 rings (SSSR count). The molecular weight excluding hydrogens is 81.7 g/mol. The van der Waals surface area contributed by atoms with E-state index in [1.165, 1.54) is 13.1 Å². The first-order valence-electron chi connectivity index (χ1n) is 1.24. The molecule has 0 aliphatic heterocycles. The predicted molar refractivity (Wildman–Crippen MR) is 27.5 cm³/mol. The van der Waals surface area contributed by atoms with Crippen molar-refractivity contribution in [3.05, 3.63) is 0 Å². The van der Waals surface area contributed by atoms with E-state index in [0.29, 0.717) is 0 Å². The Hall–Kier alpha value is 0.280. The van der Waals surface area contributed by atoms with Gasteiger partial charge in [0, 0.05) is 0 Å². The van der Waals surface area contributed by atoms with E-state index in [1.54, 1.807) is 7.11 Å². The molecule has 0 aliphatic carbocycles. The van der Waals surface area contributed by atoms with Crippen molar-refractivity contribution in [1.29, 1.82) is 0 Å². The van der Waals surface area contributed by atoms with Crippen LogP contribution >= 0.6 is 12.5 Å². The molecule has 0 amide bonds. The third-order valence-electron chi connectivity index (χ3n) is 0.197. The molecule has 0 saturated carbocycles. The Labute approximate surface area is 38.2 Å². The fraction of sp³-hybridized carbons (Fsp3) is 1.00. The van der Waals surface area contributed by atoms with Crippen LogP contribution in [0.3, 0.4) is 0 Å². The molecule has 0 heterocycles. The Balaban J connectivity index is 2.62. The summed E-state index contributed by atoms with van der Waals surface area (Å²) in [5.74, 6) is 0. The molecule has 0 aromatic carbocycles.